The topological polar surface area (TPSA) is 32.3 Å². The number of halogens is 1. The smallest absolute Gasteiger partial charge is 0.222 e. The molecule has 0 saturated heterocycles. The Morgan fingerprint density at radius 1 is 1.73 bits per heavy atom. The average molecular weight is 162 g/mol. The standard InChI is InChI=1S/C7H15FN2O/c1-4-7(11)10(3)5-6(8)9-2/h6,9H,4-5H2,1-3H3. The lowest BCUT2D eigenvalue weighted by atomic mass is 10.4. The zero-order valence-electron chi connectivity index (χ0n) is 7.22. The van der Waals surface area contributed by atoms with Gasteiger partial charge in [-0.1, -0.05) is 6.92 Å². The molecular weight excluding hydrogens is 147 g/mol. The number of hydrogen-bond acceptors (Lipinski definition) is 2. The maximum Gasteiger partial charge on any atom is 0.222 e. The van der Waals surface area contributed by atoms with Crippen LogP contribution in [0.5, 0.6) is 0 Å². The van der Waals surface area contributed by atoms with Crippen LogP contribution in [0.25, 0.3) is 0 Å². The zero-order valence-corrected chi connectivity index (χ0v) is 7.22. The molecule has 1 unspecified atom stereocenters. The van der Waals surface area contributed by atoms with Gasteiger partial charge in [-0.15, -0.1) is 0 Å². The number of nitrogens with zero attached hydrogens (tertiary/aromatic N) is 1. The van der Waals surface area contributed by atoms with Gasteiger partial charge in [-0.2, -0.15) is 0 Å². The van der Waals surface area contributed by atoms with Crippen molar-refractivity contribution in [3.63, 3.8) is 0 Å². The van der Waals surface area contributed by atoms with Crippen molar-refractivity contribution in [2.24, 2.45) is 0 Å². The molecule has 0 spiro atoms. The lowest BCUT2D eigenvalue weighted by molar-refractivity contribution is -0.130. The number of likely N-dealkylation sites (N-methyl/N-ethyl adjacent to an activating group) is 2. The molecule has 4 heteroatoms. The molecule has 0 aromatic rings. The van der Waals surface area contributed by atoms with Gasteiger partial charge in [-0.25, -0.2) is 4.39 Å². The molecule has 66 valence electrons. The van der Waals surface area contributed by atoms with E-state index in [-0.39, 0.29) is 12.5 Å². The van der Waals surface area contributed by atoms with Crippen molar-refractivity contribution >= 4 is 5.91 Å². The number of carbonyl (C=O) groups is 1. The molecule has 1 atom stereocenters. The summed E-state index contributed by atoms with van der Waals surface area (Å²) in [6.07, 6.45) is -0.706. The van der Waals surface area contributed by atoms with Crippen LogP contribution in [-0.4, -0.2) is 37.7 Å². The Kier molecular flexibility index (Phi) is 4.77. The van der Waals surface area contributed by atoms with Gasteiger partial charge in [0.1, 0.15) is 0 Å². The summed E-state index contributed by atoms with van der Waals surface area (Å²) in [6.45, 7) is 1.87. The zero-order chi connectivity index (χ0) is 8.85. The molecule has 0 aliphatic carbocycles. The molecule has 0 heterocycles. The minimum atomic E-state index is -1.13. The molecular formula is C7H15FN2O. The lowest BCUT2D eigenvalue weighted by Crippen LogP contribution is -2.37. The first-order chi connectivity index (χ1) is 5.11. The second-order valence-electron chi connectivity index (χ2n) is 2.38. The van der Waals surface area contributed by atoms with Crippen LogP contribution in [-0.2, 0) is 4.79 Å². The molecule has 0 rings (SSSR count). The predicted octanol–water partition coefficient (Wildman–Crippen LogP) is 0.370. The average Bonchev–Trinajstić information content (AvgIpc) is 2.02. The maximum atomic E-state index is 12.6. The molecule has 0 fully saturated rings. The summed E-state index contributed by atoms with van der Waals surface area (Å²) in [4.78, 5) is 12.3. The first kappa shape index (κ1) is 10.4. The fourth-order valence-electron chi connectivity index (χ4n) is 0.703. The molecule has 0 saturated carbocycles. The third-order valence-electron chi connectivity index (χ3n) is 1.48. The van der Waals surface area contributed by atoms with E-state index < -0.39 is 6.30 Å². The number of carbonyl (C=O) groups excluding carboxylic acids is 1. The molecule has 1 amide bonds. The van der Waals surface area contributed by atoms with Gasteiger partial charge in [0.25, 0.3) is 0 Å². The summed E-state index contributed by atoms with van der Waals surface area (Å²) < 4.78 is 12.6. The second kappa shape index (κ2) is 5.07. The Bertz CT molecular complexity index is 130. The van der Waals surface area contributed by atoms with Gasteiger partial charge in [-0.3, -0.25) is 10.1 Å². The molecule has 0 aliphatic heterocycles. The van der Waals surface area contributed by atoms with E-state index in [1.54, 1.807) is 14.0 Å². The molecule has 0 aromatic carbocycles. The first-order valence-electron chi connectivity index (χ1n) is 3.67. The Morgan fingerprint density at radius 2 is 2.27 bits per heavy atom. The lowest BCUT2D eigenvalue weighted by Gasteiger charge is -2.18. The SMILES string of the molecule is CCC(=O)N(C)CC(F)NC. The summed E-state index contributed by atoms with van der Waals surface area (Å²) in [7, 11) is 3.12. The monoisotopic (exact) mass is 162 g/mol. The molecule has 0 bridgehead atoms. The van der Waals surface area contributed by atoms with Crippen molar-refractivity contribution < 1.29 is 9.18 Å². The maximum absolute atomic E-state index is 12.6. The van der Waals surface area contributed by atoms with Crippen molar-refractivity contribution in [2.45, 2.75) is 19.6 Å². The number of alkyl halides is 1. The van der Waals surface area contributed by atoms with Gasteiger partial charge in [0.15, 0.2) is 6.30 Å². The number of nitrogens with one attached hydrogen (secondary N) is 1. The second-order valence-corrected chi connectivity index (χ2v) is 2.38. The quantitative estimate of drug-likeness (QED) is 0.606. The highest BCUT2D eigenvalue weighted by Gasteiger charge is 2.10. The fourth-order valence-corrected chi connectivity index (χ4v) is 0.703. The van der Waals surface area contributed by atoms with E-state index in [9.17, 15) is 9.18 Å². The van der Waals surface area contributed by atoms with Crippen LogP contribution in [0.1, 0.15) is 13.3 Å². The van der Waals surface area contributed by atoms with Crippen LogP contribution >= 0.6 is 0 Å². The van der Waals surface area contributed by atoms with Gasteiger partial charge in [0.05, 0.1) is 6.54 Å². The summed E-state index contributed by atoms with van der Waals surface area (Å²) in [5, 5.41) is 2.41. The first-order valence-corrected chi connectivity index (χ1v) is 3.67. The third-order valence-corrected chi connectivity index (χ3v) is 1.48. The summed E-state index contributed by atoms with van der Waals surface area (Å²) in [6, 6.07) is 0. The molecule has 0 aliphatic rings. The number of amides is 1. The molecule has 11 heavy (non-hydrogen) atoms. The Balaban J connectivity index is 3.67. The molecule has 0 radical (unpaired) electrons. The van der Waals surface area contributed by atoms with Crippen LogP contribution in [0.3, 0.4) is 0 Å². The van der Waals surface area contributed by atoms with Gasteiger partial charge in [0, 0.05) is 13.5 Å². The van der Waals surface area contributed by atoms with Crippen LogP contribution < -0.4 is 5.32 Å². The normalized spacial score (nSPS) is 12.7. The number of hydrogen-bond donors (Lipinski definition) is 1. The Hall–Kier alpha value is -0.640. The van der Waals surface area contributed by atoms with Crippen molar-refractivity contribution in [1.82, 2.24) is 10.2 Å². The summed E-state index contributed by atoms with van der Waals surface area (Å²) in [5.41, 5.74) is 0. The highest BCUT2D eigenvalue weighted by atomic mass is 19.1. The van der Waals surface area contributed by atoms with E-state index in [0.717, 1.165) is 0 Å². The van der Waals surface area contributed by atoms with E-state index in [4.69, 9.17) is 0 Å². The minimum Gasteiger partial charge on any atom is -0.341 e. The molecule has 3 nitrogen and oxygen atoms in total. The van der Waals surface area contributed by atoms with Crippen LogP contribution in [0.15, 0.2) is 0 Å². The van der Waals surface area contributed by atoms with Crippen LogP contribution in [0.4, 0.5) is 4.39 Å². The van der Waals surface area contributed by atoms with E-state index >= 15 is 0 Å². The molecule has 1 N–H and O–H groups in total. The fraction of sp³-hybridized carbons (Fsp3) is 0.857. The van der Waals surface area contributed by atoms with Gasteiger partial charge >= 0.3 is 0 Å². The molecule has 0 aromatic heterocycles. The van der Waals surface area contributed by atoms with E-state index in [2.05, 4.69) is 5.32 Å². The van der Waals surface area contributed by atoms with Gasteiger partial charge in [-0.05, 0) is 7.05 Å². The van der Waals surface area contributed by atoms with E-state index in [1.165, 1.54) is 11.9 Å². The predicted molar refractivity (Wildman–Crippen MR) is 41.9 cm³/mol. The largest absolute Gasteiger partial charge is 0.341 e. The Labute approximate surface area is 66.6 Å². The van der Waals surface area contributed by atoms with Crippen LogP contribution in [0.2, 0.25) is 0 Å². The van der Waals surface area contributed by atoms with Gasteiger partial charge in [0.2, 0.25) is 5.91 Å². The van der Waals surface area contributed by atoms with E-state index in [0.29, 0.717) is 6.42 Å². The van der Waals surface area contributed by atoms with Crippen LogP contribution in [0, 0.1) is 0 Å². The highest BCUT2D eigenvalue weighted by molar-refractivity contribution is 5.75. The Morgan fingerprint density at radius 3 is 2.64 bits per heavy atom. The summed E-state index contributed by atoms with van der Waals surface area (Å²) >= 11 is 0. The minimum absolute atomic E-state index is 0.0390. The van der Waals surface area contributed by atoms with Crippen molar-refractivity contribution in [3.8, 4) is 0 Å². The van der Waals surface area contributed by atoms with E-state index in [1.807, 2.05) is 0 Å². The number of rotatable bonds is 4. The van der Waals surface area contributed by atoms with Crippen molar-refractivity contribution in [1.29, 1.82) is 0 Å². The van der Waals surface area contributed by atoms with Crippen molar-refractivity contribution in [3.05, 3.63) is 0 Å². The summed E-state index contributed by atoms with van der Waals surface area (Å²) in [5.74, 6) is -0.0390. The van der Waals surface area contributed by atoms with Gasteiger partial charge < -0.3 is 4.90 Å². The third kappa shape index (κ3) is 3.93. The highest BCUT2D eigenvalue weighted by Crippen LogP contribution is 1.93. The van der Waals surface area contributed by atoms with Crippen molar-refractivity contribution in [2.75, 3.05) is 20.6 Å².